The van der Waals surface area contributed by atoms with Gasteiger partial charge in [0, 0.05) is 5.33 Å². The molecule has 0 fully saturated rings. The first-order valence-corrected chi connectivity index (χ1v) is 8.08. The lowest BCUT2D eigenvalue weighted by Gasteiger charge is -2.12. The third-order valence-electron chi connectivity index (χ3n) is 3.45. The monoisotopic (exact) mass is 350 g/mol. The van der Waals surface area contributed by atoms with Gasteiger partial charge in [-0.2, -0.15) is 0 Å². The summed E-state index contributed by atoms with van der Waals surface area (Å²) in [4.78, 5) is 12.0. The quantitative estimate of drug-likeness (QED) is 0.443. The molecule has 0 heterocycles. The van der Waals surface area contributed by atoms with Gasteiger partial charge in [0.15, 0.2) is 0 Å². The van der Waals surface area contributed by atoms with Crippen molar-refractivity contribution in [2.24, 2.45) is 0 Å². The van der Waals surface area contributed by atoms with Crippen LogP contribution in [0.25, 0.3) is 10.8 Å². The van der Waals surface area contributed by atoms with Crippen LogP contribution in [0.5, 0.6) is 5.75 Å². The Kier molecular flexibility index (Phi) is 5.62. The van der Waals surface area contributed by atoms with Crippen LogP contribution in [0.4, 0.5) is 0 Å². The van der Waals surface area contributed by atoms with E-state index in [1.807, 2.05) is 43.3 Å². The first kappa shape index (κ1) is 15.8. The van der Waals surface area contributed by atoms with Gasteiger partial charge in [-0.15, -0.1) is 0 Å². The van der Waals surface area contributed by atoms with Gasteiger partial charge < -0.3 is 9.47 Å². The second kappa shape index (κ2) is 7.46. The Morgan fingerprint density at radius 1 is 1.19 bits per heavy atom. The van der Waals surface area contributed by atoms with Crippen molar-refractivity contribution in [3.05, 3.63) is 42.0 Å². The van der Waals surface area contributed by atoms with Gasteiger partial charge in [0.1, 0.15) is 5.75 Å². The van der Waals surface area contributed by atoms with Gasteiger partial charge in [-0.25, -0.2) is 0 Å². The summed E-state index contributed by atoms with van der Waals surface area (Å²) < 4.78 is 10.5. The molecule has 0 N–H and O–H groups in total. The van der Waals surface area contributed by atoms with Crippen molar-refractivity contribution in [3.63, 3.8) is 0 Å². The largest absolute Gasteiger partial charge is 0.497 e. The molecule has 0 saturated heterocycles. The first-order valence-electron chi connectivity index (χ1n) is 6.96. The highest BCUT2D eigenvalue weighted by atomic mass is 79.9. The summed E-state index contributed by atoms with van der Waals surface area (Å²) in [6.07, 6.45) is 0.829. The van der Waals surface area contributed by atoms with Crippen LogP contribution in [0.1, 0.15) is 24.8 Å². The minimum Gasteiger partial charge on any atom is -0.497 e. The van der Waals surface area contributed by atoms with Crippen LogP contribution in [-0.2, 0) is 9.53 Å². The van der Waals surface area contributed by atoms with Gasteiger partial charge in [-0.05, 0) is 41.8 Å². The maximum absolute atomic E-state index is 12.0. The van der Waals surface area contributed by atoms with E-state index in [1.54, 1.807) is 7.11 Å². The number of halogens is 1. The van der Waals surface area contributed by atoms with Crippen LogP contribution in [0.15, 0.2) is 36.4 Å². The molecule has 0 unspecified atom stereocenters. The lowest BCUT2D eigenvalue weighted by molar-refractivity contribution is -0.145. The van der Waals surface area contributed by atoms with Crippen LogP contribution in [-0.4, -0.2) is 25.0 Å². The number of carbonyl (C=O) groups excluding carboxylic acids is 1. The normalized spacial score (nSPS) is 12.1. The van der Waals surface area contributed by atoms with E-state index < -0.39 is 0 Å². The van der Waals surface area contributed by atoms with Gasteiger partial charge >= 0.3 is 5.97 Å². The zero-order chi connectivity index (χ0) is 15.2. The molecule has 2 aromatic rings. The molecule has 0 aliphatic heterocycles. The number of hydrogen-bond acceptors (Lipinski definition) is 3. The molecule has 4 heteroatoms. The van der Waals surface area contributed by atoms with E-state index in [-0.39, 0.29) is 11.9 Å². The minimum absolute atomic E-state index is 0.177. The number of hydrogen-bond donors (Lipinski definition) is 0. The van der Waals surface area contributed by atoms with Gasteiger partial charge in [-0.3, -0.25) is 4.79 Å². The van der Waals surface area contributed by atoms with E-state index in [9.17, 15) is 4.79 Å². The standard InChI is InChI=1S/C17H19BrO3/c1-12(17(19)21-9-3-8-18)13-4-5-15-11-16(20-2)7-6-14(15)10-13/h4-7,10-12H,3,8-9H2,1-2H3/t12-/m0/s1. The lowest BCUT2D eigenvalue weighted by atomic mass is 9.98. The molecule has 0 aromatic heterocycles. The average molecular weight is 351 g/mol. The maximum atomic E-state index is 12.0. The summed E-state index contributed by atoms with van der Waals surface area (Å²) in [5.41, 5.74) is 0.969. The third kappa shape index (κ3) is 3.97. The summed E-state index contributed by atoms with van der Waals surface area (Å²) >= 11 is 3.32. The van der Waals surface area contributed by atoms with E-state index in [4.69, 9.17) is 9.47 Å². The zero-order valence-corrected chi connectivity index (χ0v) is 13.9. The molecule has 21 heavy (non-hydrogen) atoms. The molecule has 0 bridgehead atoms. The number of methoxy groups -OCH3 is 1. The molecule has 0 aliphatic carbocycles. The van der Waals surface area contributed by atoms with Crippen LogP contribution in [0.3, 0.4) is 0 Å². The Balaban J connectivity index is 2.16. The van der Waals surface area contributed by atoms with Crippen molar-refractivity contribution < 1.29 is 14.3 Å². The number of benzene rings is 2. The van der Waals surface area contributed by atoms with E-state index in [2.05, 4.69) is 15.9 Å². The molecular weight excluding hydrogens is 332 g/mol. The molecule has 2 aromatic carbocycles. The molecule has 0 amide bonds. The fourth-order valence-electron chi connectivity index (χ4n) is 2.13. The predicted molar refractivity (Wildman–Crippen MR) is 88.3 cm³/mol. The first-order chi connectivity index (χ1) is 10.2. The number of esters is 1. The van der Waals surface area contributed by atoms with Crippen LogP contribution in [0, 0.1) is 0 Å². The van der Waals surface area contributed by atoms with E-state index in [1.165, 1.54) is 0 Å². The van der Waals surface area contributed by atoms with Crippen molar-refractivity contribution in [2.45, 2.75) is 19.3 Å². The van der Waals surface area contributed by atoms with Crippen LogP contribution in [0.2, 0.25) is 0 Å². The maximum Gasteiger partial charge on any atom is 0.313 e. The van der Waals surface area contributed by atoms with Crippen molar-refractivity contribution in [2.75, 3.05) is 19.0 Å². The summed E-state index contributed by atoms with van der Waals surface area (Å²) in [5.74, 6) is 0.396. The van der Waals surface area contributed by atoms with E-state index in [0.717, 1.165) is 33.8 Å². The van der Waals surface area contributed by atoms with Crippen molar-refractivity contribution >= 4 is 32.7 Å². The van der Waals surface area contributed by atoms with Crippen molar-refractivity contribution in [3.8, 4) is 5.75 Å². The second-order valence-electron chi connectivity index (χ2n) is 4.90. The molecule has 0 saturated carbocycles. The summed E-state index contributed by atoms with van der Waals surface area (Å²) in [5, 5.41) is 3.03. The van der Waals surface area contributed by atoms with Crippen molar-refractivity contribution in [1.29, 1.82) is 0 Å². The molecule has 112 valence electrons. The third-order valence-corrected chi connectivity index (χ3v) is 4.01. The van der Waals surface area contributed by atoms with Gasteiger partial charge in [0.05, 0.1) is 19.6 Å². The number of alkyl halides is 1. The van der Waals surface area contributed by atoms with Crippen LogP contribution >= 0.6 is 15.9 Å². The summed E-state index contributed by atoms with van der Waals surface area (Å²) in [7, 11) is 1.65. The topological polar surface area (TPSA) is 35.5 Å². The Bertz CT molecular complexity index is 624. The lowest BCUT2D eigenvalue weighted by Crippen LogP contribution is -2.14. The molecular formula is C17H19BrO3. The summed E-state index contributed by atoms with van der Waals surface area (Å²) in [6, 6.07) is 11.9. The highest BCUT2D eigenvalue weighted by Gasteiger charge is 2.16. The van der Waals surface area contributed by atoms with Gasteiger partial charge in [0.25, 0.3) is 0 Å². The predicted octanol–water partition coefficient (Wildman–Crippen LogP) is 4.28. The average Bonchev–Trinajstić information content (AvgIpc) is 2.53. The number of ether oxygens (including phenoxy) is 2. The van der Waals surface area contributed by atoms with Crippen molar-refractivity contribution in [1.82, 2.24) is 0 Å². The number of fused-ring (bicyclic) bond motifs is 1. The van der Waals surface area contributed by atoms with E-state index >= 15 is 0 Å². The molecule has 3 nitrogen and oxygen atoms in total. The zero-order valence-electron chi connectivity index (χ0n) is 12.3. The Labute approximate surface area is 133 Å². The molecule has 0 spiro atoms. The SMILES string of the molecule is COc1ccc2cc([C@H](C)C(=O)OCCCBr)ccc2c1. The molecule has 0 aliphatic rings. The highest BCUT2D eigenvalue weighted by molar-refractivity contribution is 9.09. The fourth-order valence-corrected chi connectivity index (χ4v) is 2.36. The Morgan fingerprint density at radius 2 is 1.90 bits per heavy atom. The fraction of sp³-hybridized carbons (Fsp3) is 0.353. The Hall–Kier alpha value is -1.55. The molecule has 2 rings (SSSR count). The molecule has 0 radical (unpaired) electrons. The van der Waals surface area contributed by atoms with Gasteiger partial charge in [-0.1, -0.05) is 40.2 Å². The molecule has 1 atom stereocenters. The second-order valence-corrected chi connectivity index (χ2v) is 5.70. The van der Waals surface area contributed by atoms with Crippen LogP contribution < -0.4 is 4.74 Å². The number of rotatable bonds is 6. The van der Waals surface area contributed by atoms with E-state index in [0.29, 0.717) is 6.61 Å². The highest BCUT2D eigenvalue weighted by Crippen LogP contribution is 2.25. The Morgan fingerprint density at radius 3 is 2.62 bits per heavy atom. The van der Waals surface area contributed by atoms with Gasteiger partial charge in [0.2, 0.25) is 0 Å². The number of carbonyl (C=O) groups is 1. The summed E-state index contributed by atoms with van der Waals surface area (Å²) in [6.45, 7) is 2.33. The smallest absolute Gasteiger partial charge is 0.313 e. The minimum atomic E-state index is -0.258.